The topological polar surface area (TPSA) is 56.8 Å². The zero-order valence-corrected chi connectivity index (χ0v) is 22.1. The third-order valence-electron chi connectivity index (χ3n) is 10.3. The molecule has 2 N–H and O–H groups in total. The molecule has 3 aliphatic carbocycles. The Labute approximate surface area is 212 Å². The zero-order valence-electron chi connectivity index (χ0n) is 22.1. The van der Waals surface area contributed by atoms with Crippen LogP contribution >= 0.6 is 0 Å². The lowest BCUT2D eigenvalue weighted by Gasteiger charge is -2.46. The van der Waals surface area contributed by atoms with Crippen molar-refractivity contribution in [3.8, 4) is 0 Å². The van der Waals surface area contributed by atoms with Crippen molar-refractivity contribution < 1.29 is 14.0 Å². The van der Waals surface area contributed by atoms with E-state index in [4.69, 9.17) is 4.84 Å². The molecule has 200 valence electrons. The SMILES string of the molecule is CC1CCC(F)C2CC(C(=O)NC3CCCC(N4CCN(C(C)C5CCCCC5)CC4)C3)NOC12. The second kappa shape index (κ2) is 11.7. The van der Waals surface area contributed by atoms with Crippen LogP contribution in [0, 0.1) is 17.8 Å². The summed E-state index contributed by atoms with van der Waals surface area (Å²) in [6, 6.07) is 1.06. The predicted octanol–water partition coefficient (Wildman–Crippen LogP) is 4.05. The lowest BCUT2D eigenvalue weighted by Crippen LogP contribution is -2.59. The first kappa shape index (κ1) is 25.9. The average molecular weight is 493 g/mol. The highest BCUT2D eigenvalue weighted by Crippen LogP contribution is 2.38. The summed E-state index contributed by atoms with van der Waals surface area (Å²) < 4.78 is 14.6. The summed E-state index contributed by atoms with van der Waals surface area (Å²) in [4.78, 5) is 24.3. The van der Waals surface area contributed by atoms with Crippen LogP contribution < -0.4 is 10.8 Å². The summed E-state index contributed by atoms with van der Waals surface area (Å²) in [6.07, 6.45) is 12.6. The van der Waals surface area contributed by atoms with Crippen molar-refractivity contribution in [2.75, 3.05) is 26.2 Å². The van der Waals surface area contributed by atoms with Gasteiger partial charge < -0.3 is 5.32 Å². The Morgan fingerprint density at radius 1 is 0.971 bits per heavy atom. The molecule has 8 unspecified atom stereocenters. The predicted molar refractivity (Wildman–Crippen MR) is 137 cm³/mol. The number of rotatable bonds is 5. The van der Waals surface area contributed by atoms with Crippen LogP contribution in [0.15, 0.2) is 0 Å². The van der Waals surface area contributed by atoms with Crippen LogP contribution in [0.4, 0.5) is 4.39 Å². The van der Waals surface area contributed by atoms with Crippen LogP contribution in [0.25, 0.3) is 0 Å². The summed E-state index contributed by atoms with van der Waals surface area (Å²) in [5.74, 6) is 1.06. The smallest absolute Gasteiger partial charge is 0.239 e. The number of nitrogens with zero attached hydrogens (tertiary/aromatic N) is 2. The number of halogens is 1. The Morgan fingerprint density at radius 3 is 2.51 bits per heavy atom. The van der Waals surface area contributed by atoms with Gasteiger partial charge in [-0.15, -0.1) is 0 Å². The summed E-state index contributed by atoms with van der Waals surface area (Å²) in [5.41, 5.74) is 2.98. The molecule has 5 fully saturated rings. The molecule has 0 aromatic rings. The van der Waals surface area contributed by atoms with Gasteiger partial charge in [0.15, 0.2) is 0 Å². The van der Waals surface area contributed by atoms with E-state index >= 15 is 0 Å². The highest BCUT2D eigenvalue weighted by atomic mass is 19.1. The van der Waals surface area contributed by atoms with Gasteiger partial charge in [0, 0.05) is 50.2 Å². The van der Waals surface area contributed by atoms with Crippen molar-refractivity contribution in [1.82, 2.24) is 20.6 Å². The van der Waals surface area contributed by atoms with Crippen molar-refractivity contribution in [1.29, 1.82) is 0 Å². The minimum atomic E-state index is -0.854. The maximum atomic E-state index is 14.6. The van der Waals surface area contributed by atoms with E-state index in [1.807, 2.05) is 0 Å². The quantitative estimate of drug-likeness (QED) is 0.607. The summed E-state index contributed by atoms with van der Waals surface area (Å²) in [7, 11) is 0. The first-order valence-electron chi connectivity index (χ1n) is 14.8. The van der Waals surface area contributed by atoms with Gasteiger partial charge in [-0.2, -0.15) is 5.48 Å². The number of hydroxylamine groups is 1. The van der Waals surface area contributed by atoms with Crippen molar-refractivity contribution >= 4 is 5.91 Å². The van der Waals surface area contributed by atoms with Gasteiger partial charge in [-0.1, -0.05) is 26.2 Å². The third kappa shape index (κ3) is 6.05. The second-order valence-electron chi connectivity index (χ2n) is 12.5. The molecule has 3 saturated carbocycles. The van der Waals surface area contributed by atoms with E-state index in [0.29, 0.717) is 24.8 Å². The molecule has 5 rings (SSSR count). The molecule has 35 heavy (non-hydrogen) atoms. The molecule has 0 aromatic carbocycles. The fraction of sp³-hybridized carbons (Fsp3) is 0.964. The van der Waals surface area contributed by atoms with Crippen LogP contribution in [0.5, 0.6) is 0 Å². The molecule has 2 heterocycles. The van der Waals surface area contributed by atoms with E-state index in [2.05, 4.69) is 34.4 Å². The fourth-order valence-corrected chi connectivity index (χ4v) is 7.91. The number of hydrogen-bond donors (Lipinski definition) is 2. The van der Waals surface area contributed by atoms with Crippen LogP contribution in [-0.2, 0) is 9.63 Å². The van der Waals surface area contributed by atoms with Gasteiger partial charge in [0.25, 0.3) is 0 Å². The number of carbonyl (C=O) groups is 1. The first-order chi connectivity index (χ1) is 17.0. The lowest BCUT2D eigenvalue weighted by molar-refractivity contribution is -0.172. The number of fused-ring (bicyclic) bond motifs is 1. The van der Waals surface area contributed by atoms with Crippen LogP contribution in [0.2, 0.25) is 0 Å². The standard InChI is InChI=1S/C28H49FN4O2/c1-19-11-12-25(29)24-18-26(31-35-27(19)24)28(34)30-22-9-6-10-23(17-22)33-15-13-32(14-16-33)20(2)21-7-4-3-5-8-21/h19-27,31H,3-18H2,1-2H3,(H,30,34). The molecule has 7 heteroatoms. The third-order valence-corrected chi connectivity index (χ3v) is 10.3. The maximum Gasteiger partial charge on any atom is 0.239 e. The maximum absolute atomic E-state index is 14.6. The lowest BCUT2D eigenvalue weighted by atomic mass is 9.75. The minimum absolute atomic E-state index is 0.00866. The fourth-order valence-electron chi connectivity index (χ4n) is 7.91. The molecule has 1 amide bonds. The van der Waals surface area contributed by atoms with E-state index in [-0.39, 0.29) is 24.0 Å². The summed E-state index contributed by atoms with van der Waals surface area (Å²) in [6.45, 7) is 9.26. The van der Waals surface area contributed by atoms with E-state index in [1.54, 1.807) is 0 Å². The Bertz CT molecular complexity index is 696. The van der Waals surface area contributed by atoms with Gasteiger partial charge in [-0.05, 0) is 76.5 Å². The second-order valence-corrected chi connectivity index (χ2v) is 12.5. The largest absolute Gasteiger partial charge is 0.352 e. The Kier molecular flexibility index (Phi) is 8.68. The molecular weight excluding hydrogens is 443 g/mol. The van der Waals surface area contributed by atoms with E-state index in [0.717, 1.165) is 50.7 Å². The Hall–Kier alpha value is -0.760. The average Bonchev–Trinajstić information content (AvgIpc) is 2.91. The number of hydrogen-bond acceptors (Lipinski definition) is 5. The number of carbonyl (C=O) groups excluding carboxylic acids is 1. The molecule has 5 aliphatic rings. The summed E-state index contributed by atoms with van der Waals surface area (Å²) >= 11 is 0. The molecule has 0 radical (unpaired) electrons. The van der Waals surface area contributed by atoms with Gasteiger partial charge in [0.05, 0.1) is 6.10 Å². The molecule has 6 nitrogen and oxygen atoms in total. The normalized spacial score (nSPS) is 41.2. The molecule has 0 spiro atoms. The van der Waals surface area contributed by atoms with Crippen molar-refractivity contribution in [3.05, 3.63) is 0 Å². The molecule has 2 aliphatic heterocycles. The van der Waals surface area contributed by atoms with Crippen molar-refractivity contribution in [2.24, 2.45) is 17.8 Å². The Balaban J connectivity index is 1.07. The zero-order chi connectivity index (χ0) is 24.4. The van der Waals surface area contributed by atoms with Gasteiger partial charge in [0.1, 0.15) is 12.2 Å². The monoisotopic (exact) mass is 492 g/mol. The van der Waals surface area contributed by atoms with Crippen molar-refractivity contribution in [3.63, 3.8) is 0 Å². The van der Waals surface area contributed by atoms with Gasteiger partial charge in [0.2, 0.25) is 5.91 Å². The molecule has 0 aromatic heterocycles. The first-order valence-corrected chi connectivity index (χ1v) is 14.8. The number of piperazine rings is 1. The van der Waals surface area contributed by atoms with E-state index < -0.39 is 12.2 Å². The Morgan fingerprint density at radius 2 is 1.74 bits per heavy atom. The van der Waals surface area contributed by atoms with E-state index in [1.165, 1.54) is 51.6 Å². The molecular formula is C28H49FN4O2. The van der Waals surface area contributed by atoms with E-state index in [9.17, 15) is 9.18 Å². The molecule has 2 saturated heterocycles. The van der Waals surface area contributed by atoms with Gasteiger partial charge in [-0.25, -0.2) is 4.39 Å². The number of alkyl halides is 1. The molecule has 0 bridgehead atoms. The highest BCUT2D eigenvalue weighted by molar-refractivity contribution is 5.82. The van der Waals surface area contributed by atoms with Crippen LogP contribution in [-0.4, -0.2) is 78.3 Å². The number of nitrogens with one attached hydrogen (secondary N) is 2. The van der Waals surface area contributed by atoms with Crippen LogP contribution in [0.1, 0.15) is 90.9 Å². The van der Waals surface area contributed by atoms with Crippen LogP contribution in [0.3, 0.4) is 0 Å². The minimum Gasteiger partial charge on any atom is -0.352 e. The summed E-state index contributed by atoms with van der Waals surface area (Å²) in [5, 5.41) is 3.31. The van der Waals surface area contributed by atoms with Crippen molar-refractivity contribution in [2.45, 2.75) is 127 Å². The highest BCUT2D eigenvalue weighted by Gasteiger charge is 2.45. The van der Waals surface area contributed by atoms with Gasteiger partial charge >= 0.3 is 0 Å². The molecule has 8 atom stereocenters. The number of amides is 1. The van der Waals surface area contributed by atoms with Gasteiger partial charge in [-0.3, -0.25) is 19.4 Å².